The predicted octanol–water partition coefficient (Wildman–Crippen LogP) is 0.746. The third-order valence-corrected chi connectivity index (χ3v) is 4.38. The second-order valence-corrected chi connectivity index (χ2v) is 4.99. The lowest BCUT2D eigenvalue weighted by atomic mass is 10.2. The molecule has 0 radical (unpaired) electrons. The topological polar surface area (TPSA) is 37.1 Å². The Morgan fingerprint density at radius 2 is 2.08 bits per heavy atom. The largest absolute Gasteiger partial charge is 0.244 e. The summed E-state index contributed by atoms with van der Waals surface area (Å²) in [5, 5.41) is 0. The van der Waals surface area contributed by atoms with Gasteiger partial charge in [-0.3, -0.25) is 0 Å². The average Bonchev–Trinajstić information content (AvgIpc) is 2.80. The number of hydrogen-bond acceptors (Lipinski definition) is 2. The monoisotopic (exact) mass is 181 g/mol. The SMILES string of the molecule is O=S1(=O)c2ccccc2C2CN21. The second-order valence-electron chi connectivity index (χ2n) is 3.13. The van der Waals surface area contributed by atoms with E-state index < -0.39 is 10.0 Å². The van der Waals surface area contributed by atoms with Crippen LogP contribution in [0.2, 0.25) is 0 Å². The number of fused-ring (bicyclic) bond motifs is 3. The minimum atomic E-state index is -3.08. The molecule has 0 aromatic heterocycles. The van der Waals surface area contributed by atoms with Crippen molar-refractivity contribution in [3.8, 4) is 0 Å². The van der Waals surface area contributed by atoms with Gasteiger partial charge in [0.1, 0.15) is 0 Å². The Morgan fingerprint density at radius 1 is 1.33 bits per heavy atom. The Balaban J connectivity index is 2.40. The highest BCUT2D eigenvalue weighted by molar-refractivity contribution is 7.89. The van der Waals surface area contributed by atoms with Crippen molar-refractivity contribution in [2.75, 3.05) is 6.54 Å². The minimum absolute atomic E-state index is 0.159. The van der Waals surface area contributed by atoms with E-state index >= 15 is 0 Å². The first-order chi connectivity index (χ1) is 5.71. The molecule has 1 fully saturated rings. The Hall–Kier alpha value is -0.870. The van der Waals surface area contributed by atoms with Crippen molar-refractivity contribution in [2.45, 2.75) is 10.9 Å². The highest BCUT2D eigenvalue weighted by Gasteiger charge is 2.53. The molecule has 62 valence electrons. The third-order valence-electron chi connectivity index (χ3n) is 2.43. The fourth-order valence-electron chi connectivity index (χ4n) is 1.76. The van der Waals surface area contributed by atoms with Crippen molar-refractivity contribution in [3.63, 3.8) is 0 Å². The summed E-state index contributed by atoms with van der Waals surface area (Å²) in [6, 6.07) is 7.38. The van der Waals surface area contributed by atoms with Crippen LogP contribution in [0.4, 0.5) is 0 Å². The van der Waals surface area contributed by atoms with Crippen LogP contribution in [0.1, 0.15) is 11.6 Å². The van der Waals surface area contributed by atoms with Crippen molar-refractivity contribution < 1.29 is 8.42 Å². The summed E-state index contributed by atoms with van der Waals surface area (Å²) >= 11 is 0. The zero-order valence-electron chi connectivity index (χ0n) is 6.27. The standard InChI is InChI=1S/C8H7NO2S/c10-12(11)8-4-2-1-3-6(8)7-5-9(7)12/h1-4,7H,5H2. The van der Waals surface area contributed by atoms with Gasteiger partial charge in [0.25, 0.3) is 0 Å². The summed E-state index contributed by atoms with van der Waals surface area (Å²) in [6.45, 7) is 0.680. The number of benzene rings is 1. The minimum Gasteiger partial charge on any atom is -0.207 e. The van der Waals surface area contributed by atoms with Gasteiger partial charge in [-0.15, -0.1) is 0 Å². The molecular formula is C8H7NO2S. The van der Waals surface area contributed by atoms with Gasteiger partial charge < -0.3 is 0 Å². The zero-order valence-corrected chi connectivity index (χ0v) is 7.08. The molecule has 0 spiro atoms. The molecule has 0 aliphatic carbocycles. The molecule has 2 atom stereocenters. The van der Waals surface area contributed by atoms with Crippen LogP contribution in [-0.2, 0) is 10.0 Å². The molecule has 1 saturated heterocycles. The maximum absolute atomic E-state index is 11.6. The van der Waals surface area contributed by atoms with E-state index in [1.54, 1.807) is 12.1 Å². The molecule has 2 aliphatic rings. The van der Waals surface area contributed by atoms with E-state index in [-0.39, 0.29) is 6.04 Å². The van der Waals surface area contributed by atoms with E-state index in [2.05, 4.69) is 0 Å². The number of sulfonamides is 1. The van der Waals surface area contributed by atoms with Crippen LogP contribution < -0.4 is 0 Å². The van der Waals surface area contributed by atoms with Gasteiger partial charge >= 0.3 is 0 Å². The van der Waals surface area contributed by atoms with Crippen LogP contribution in [0.5, 0.6) is 0 Å². The van der Waals surface area contributed by atoms with E-state index in [9.17, 15) is 8.42 Å². The quantitative estimate of drug-likeness (QED) is 0.554. The molecule has 4 heteroatoms. The van der Waals surface area contributed by atoms with Gasteiger partial charge in [-0.25, -0.2) is 8.42 Å². The van der Waals surface area contributed by atoms with Crippen LogP contribution in [-0.4, -0.2) is 19.3 Å². The van der Waals surface area contributed by atoms with Gasteiger partial charge in [0.05, 0.1) is 10.9 Å². The maximum atomic E-state index is 11.6. The molecule has 0 saturated carbocycles. The first-order valence-corrected chi connectivity index (χ1v) is 5.26. The first-order valence-electron chi connectivity index (χ1n) is 3.82. The Morgan fingerprint density at radius 3 is 2.83 bits per heavy atom. The molecule has 1 aromatic rings. The van der Waals surface area contributed by atoms with E-state index in [1.807, 2.05) is 12.1 Å². The van der Waals surface area contributed by atoms with Gasteiger partial charge in [0.2, 0.25) is 10.0 Å². The van der Waals surface area contributed by atoms with Crippen LogP contribution in [0.15, 0.2) is 29.2 Å². The van der Waals surface area contributed by atoms with E-state index in [0.29, 0.717) is 11.4 Å². The molecule has 2 unspecified atom stereocenters. The Bertz CT molecular complexity index is 452. The van der Waals surface area contributed by atoms with Gasteiger partial charge in [0.15, 0.2) is 0 Å². The van der Waals surface area contributed by atoms with Crippen LogP contribution in [0.3, 0.4) is 0 Å². The summed E-state index contributed by atoms with van der Waals surface area (Å²) < 4.78 is 24.6. The molecule has 3 nitrogen and oxygen atoms in total. The van der Waals surface area contributed by atoms with Crippen molar-refractivity contribution >= 4 is 10.0 Å². The van der Waals surface area contributed by atoms with E-state index in [4.69, 9.17) is 0 Å². The molecule has 1 aromatic carbocycles. The van der Waals surface area contributed by atoms with Crippen molar-refractivity contribution in [1.29, 1.82) is 0 Å². The normalized spacial score (nSPS) is 34.0. The Labute approximate surface area is 70.7 Å². The van der Waals surface area contributed by atoms with Crippen LogP contribution >= 0.6 is 0 Å². The molecule has 3 rings (SSSR count). The highest BCUT2D eigenvalue weighted by atomic mass is 32.2. The summed E-state index contributed by atoms with van der Waals surface area (Å²) in [7, 11) is -3.08. The summed E-state index contributed by atoms with van der Waals surface area (Å²) in [5.41, 5.74) is 0.970. The zero-order chi connectivity index (χ0) is 8.34. The van der Waals surface area contributed by atoms with Gasteiger partial charge in [-0.1, -0.05) is 18.2 Å². The molecular weight excluding hydrogens is 174 g/mol. The van der Waals surface area contributed by atoms with Crippen molar-refractivity contribution in [2.24, 2.45) is 0 Å². The predicted molar refractivity (Wildman–Crippen MR) is 43.1 cm³/mol. The summed E-state index contributed by atoms with van der Waals surface area (Å²) in [5.74, 6) is 0. The highest BCUT2D eigenvalue weighted by Crippen LogP contribution is 2.49. The summed E-state index contributed by atoms with van der Waals surface area (Å²) in [4.78, 5) is 0.501. The lowest BCUT2D eigenvalue weighted by Gasteiger charge is -1.99. The van der Waals surface area contributed by atoms with Crippen molar-refractivity contribution in [1.82, 2.24) is 4.31 Å². The van der Waals surface area contributed by atoms with Crippen LogP contribution in [0.25, 0.3) is 0 Å². The van der Waals surface area contributed by atoms with Crippen LogP contribution in [0, 0.1) is 0 Å². The third kappa shape index (κ3) is 0.585. The van der Waals surface area contributed by atoms with Gasteiger partial charge in [-0.05, 0) is 11.6 Å². The second kappa shape index (κ2) is 1.72. The fraction of sp³-hybridized carbons (Fsp3) is 0.250. The van der Waals surface area contributed by atoms with Gasteiger partial charge in [-0.2, -0.15) is 4.31 Å². The Kier molecular flexibility index (Phi) is 0.952. The first kappa shape index (κ1) is 6.62. The fourth-order valence-corrected chi connectivity index (χ4v) is 3.55. The smallest absolute Gasteiger partial charge is 0.207 e. The molecule has 0 bridgehead atoms. The lowest BCUT2D eigenvalue weighted by Crippen LogP contribution is -2.07. The molecule has 12 heavy (non-hydrogen) atoms. The van der Waals surface area contributed by atoms with Gasteiger partial charge in [0, 0.05) is 6.54 Å². The molecule has 0 amide bonds. The number of nitrogens with zero attached hydrogens (tertiary/aromatic N) is 1. The molecule has 2 aliphatic heterocycles. The van der Waals surface area contributed by atoms with E-state index in [0.717, 1.165) is 5.56 Å². The molecule has 0 N–H and O–H groups in total. The number of rotatable bonds is 0. The van der Waals surface area contributed by atoms with Crippen molar-refractivity contribution in [3.05, 3.63) is 29.8 Å². The average molecular weight is 181 g/mol. The summed E-state index contributed by atoms with van der Waals surface area (Å²) in [6.07, 6.45) is 0. The molecule has 2 heterocycles. The lowest BCUT2D eigenvalue weighted by molar-refractivity contribution is 0.565. The maximum Gasteiger partial charge on any atom is 0.244 e. The van der Waals surface area contributed by atoms with E-state index in [1.165, 1.54) is 4.31 Å². The number of hydrogen-bond donors (Lipinski definition) is 0.